The molecule has 0 saturated carbocycles. The van der Waals surface area contributed by atoms with Gasteiger partial charge in [-0.3, -0.25) is 0 Å². The number of aliphatic hydroxyl groups is 3. The number of alkyl halides is 3. The monoisotopic (exact) mass is 216 g/mol. The number of halogens is 3. The summed E-state index contributed by atoms with van der Waals surface area (Å²) in [6.45, 7) is -1.37. The van der Waals surface area contributed by atoms with Crippen molar-refractivity contribution >= 4 is 0 Å². The Hall–Kier alpha value is -0.370. The molecule has 1 rings (SSSR count). The highest BCUT2D eigenvalue weighted by Crippen LogP contribution is 2.34. The maximum Gasteiger partial charge on any atom is 0.396 e. The van der Waals surface area contributed by atoms with Crippen molar-refractivity contribution in [2.75, 3.05) is 13.2 Å². The molecule has 7 heteroatoms. The molecule has 1 aliphatic heterocycles. The van der Waals surface area contributed by atoms with Gasteiger partial charge in [0, 0.05) is 0 Å². The van der Waals surface area contributed by atoms with Crippen LogP contribution < -0.4 is 0 Å². The third-order valence-electron chi connectivity index (χ3n) is 2.23. The van der Waals surface area contributed by atoms with Gasteiger partial charge in [0.1, 0.15) is 18.1 Å². The Labute approximate surface area is 77.9 Å². The first-order valence-corrected chi connectivity index (χ1v) is 4.03. The van der Waals surface area contributed by atoms with Crippen molar-refractivity contribution in [1.29, 1.82) is 0 Å². The minimum absolute atomic E-state index is 0.622. The van der Waals surface area contributed by atoms with Crippen LogP contribution in [0.3, 0.4) is 0 Å². The molecule has 0 aromatic rings. The Morgan fingerprint density at radius 1 is 1.21 bits per heavy atom. The van der Waals surface area contributed by atoms with Crippen LogP contribution in [-0.4, -0.2) is 53.0 Å². The Kier molecular flexibility index (Phi) is 3.36. The third-order valence-corrected chi connectivity index (χ3v) is 2.23. The van der Waals surface area contributed by atoms with Crippen molar-refractivity contribution in [2.45, 2.75) is 24.5 Å². The number of rotatable bonds is 1. The van der Waals surface area contributed by atoms with Crippen LogP contribution in [0.15, 0.2) is 0 Å². The number of ether oxygens (including phenoxy) is 1. The van der Waals surface area contributed by atoms with Crippen molar-refractivity contribution < 1.29 is 33.2 Å². The van der Waals surface area contributed by atoms with Crippen molar-refractivity contribution in [1.82, 2.24) is 0 Å². The molecule has 0 bridgehead atoms. The summed E-state index contributed by atoms with van der Waals surface area (Å²) in [5.74, 6) is -2.10. The molecule has 0 amide bonds. The van der Waals surface area contributed by atoms with Crippen molar-refractivity contribution in [3.05, 3.63) is 0 Å². The lowest BCUT2D eigenvalue weighted by Gasteiger charge is -2.37. The molecular weight excluding hydrogens is 205 g/mol. The Balaban J connectivity index is 2.69. The van der Waals surface area contributed by atoms with Crippen LogP contribution in [0.4, 0.5) is 13.2 Å². The minimum atomic E-state index is -4.61. The van der Waals surface area contributed by atoms with E-state index in [1.165, 1.54) is 0 Å². The van der Waals surface area contributed by atoms with Crippen LogP contribution in [0.1, 0.15) is 0 Å². The number of hydrogen-bond acceptors (Lipinski definition) is 4. The summed E-state index contributed by atoms with van der Waals surface area (Å²) >= 11 is 0. The van der Waals surface area contributed by atoms with E-state index in [1.54, 1.807) is 0 Å². The van der Waals surface area contributed by atoms with Gasteiger partial charge in [0.25, 0.3) is 0 Å². The first kappa shape index (κ1) is 11.7. The van der Waals surface area contributed by atoms with Crippen molar-refractivity contribution in [3.63, 3.8) is 0 Å². The van der Waals surface area contributed by atoms with Crippen LogP contribution in [0.25, 0.3) is 0 Å². The summed E-state index contributed by atoms with van der Waals surface area (Å²) in [7, 11) is 0. The second-order valence-corrected chi connectivity index (χ2v) is 3.18. The molecule has 0 radical (unpaired) electrons. The molecule has 0 unspecified atom stereocenters. The summed E-state index contributed by atoms with van der Waals surface area (Å²) < 4.78 is 41.1. The highest BCUT2D eigenvalue weighted by Gasteiger charge is 2.51. The fourth-order valence-corrected chi connectivity index (χ4v) is 1.33. The standard InChI is InChI=1S/C7H11F3O4/c8-7(9,10)3-2-14-4(1-11)6(13)5(3)12/h3-6,11-13H,1-2H2/t3-,4+,5+,6-/m0/s1. The molecule has 0 aromatic carbocycles. The molecule has 0 spiro atoms. The van der Waals surface area contributed by atoms with E-state index in [4.69, 9.17) is 15.3 Å². The first-order valence-electron chi connectivity index (χ1n) is 4.03. The lowest BCUT2D eigenvalue weighted by molar-refractivity contribution is -0.267. The van der Waals surface area contributed by atoms with Gasteiger partial charge in [-0.1, -0.05) is 0 Å². The van der Waals surface area contributed by atoms with E-state index in [-0.39, 0.29) is 0 Å². The van der Waals surface area contributed by atoms with Crippen LogP contribution in [0.5, 0.6) is 0 Å². The highest BCUT2D eigenvalue weighted by atomic mass is 19.4. The molecule has 84 valence electrons. The largest absolute Gasteiger partial charge is 0.396 e. The molecule has 4 nitrogen and oxygen atoms in total. The van der Waals surface area contributed by atoms with Crippen molar-refractivity contribution in [2.24, 2.45) is 5.92 Å². The van der Waals surface area contributed by atoms with Gasteiger partial charge in [-0.15, -0.1) is 0 Å². The lowest BCUT2D eigenvalue weighted by Crippen LogP contribution is -2.55. The Morgan fingerprint density at radius 3 is 2.21 bits per heavy atom. The van der Waals surface area contributed by atoms with Gasteiger partial charge in [-0.05, 0) is 0 Å². The van der Waals surface area contributed by atoms with Gasteiger partial charge in [-0.25, -0.2) is 0 Å². The van der Waals surface area contributed by atoms with Gasteiger partial charge in [0.2, 0.25) is 0 Å². The zero-order valence-electron chi connectivity index (χ0n) is 7.11. The molecule has 0 aliphatic carbocycles. The number of aliphatic hydroxyl groups excluding tert-OH is 3. The van der Waals surface area contributed by atoms with E-state index >= 15 is 0 Å². The highest BCUT2D eigenvalue weighted by molar-refractivity contribution is 4.89. The van der Waals surface area contributed by atoms with Gasteiger partial charge in [-0.2, -0.15) is 13.2 Å². The van der Waals surface area contributed by atoms with E-state index < -0.39 is 43.6 Å². The molecule has 3 N–H and O–H groups in total. The van der Waals surface area contributed by atoms with Gasteiger partial charge >= 0.3 is 6.18 Å². The average Bonchev–Trinajstić information content (AvgIpc) is 2.07. The van der Waals surface area contributed by atoms with E-state index in [0.717, 1.165) is 0 Å². The molecular formula is C7H11F3O4. The van der Waals surface area contributed by atoms with E-state index in [1.807, 2.05) is 0 Å². The molecule has 1 heterocycles. The maximum atomic E-state index is 12.2. The van der Waals surface area contributed by atoms with Gasteiger partial charge in [0.15, 0.2) is 0 Å². The minimum Gasteiger partial charge on any atom is -0.394 e. The summed E-state index contributed by atoms with van der Waals surface area (Å²) in [5.41, 5.74) is 0. The van der Waals surface area contributed by atoms with Gasteiger partial charge < -0.3 is 20.1 Å². The van der Waals surface area contributed by atoms with Gasteiger partial charge in [0.05, 0.1) is 19.3 Å². The summed E-state index contributed by atoms with van der Waals surface area (Å²) in [5, 5.41) is 26.8. The Bertz CT molecular complexity index is 196. The normalized spacial score (nSPS) is 39.9. The molecule has 4 atom stereocenters. The second kappa shape index (κ2) is 4.01. The molecule has 1 aliphatic rings. The van der Waals surface area contributed by atoms with Crippen LogP contribution in [0, 0.1) is 5.92 Å². The van der Waals surface area contributed by atoms with E-state index in [0.29, 0.717) is 0 Å². The van der Waals surface area contributed by atoms with E-state index in [2.05, 4.69) is 4.74 Å². The molecule has 0 aromatic heterocycles. The molecule has 1 fully saturated rings. The first-order chi connectivity index (χ1) is 6.38. The zero-order valence-corrected chi connectivity index (χ0v) is 7.11. The summed E-state index contributed by atoms with van der Waals surface area (Å²) in [6.07, 6.45) is -9.41. The lowest BCUT2D eigenvalue weighted by atomic mass is 9.92. The summed E-state index contributed by atoms with van der Waals surface area (Å²) in [4.78, 5) is 0. The van der Waals surface area contributed by atoms with Crippen LogP contribution >= 0.6 is 0 Å². The fourth-order valence-electron chi connectivity index (χ4n) is 1.33. The maximum absolute atomic E-state index is 12.2. The van der Waals surface area contributed by atoms with E-state index in [9.17, 15) is 13.2 Å². The van der Waals surface area contributed by atoms with Crippen LogP contribution in [0.2, 0.25) is 0 Å². The molecule has 1 saturated heterocycles. The SMILES string of the molecule is OC[C@H]1OC[C@H](C(F)(F)F)[C@@H](O)[C@H]1O. The Morgan fingerprint density at radius 2 is 1.79 bits per heavy atom. The van der Waals surface area contributed by atoms with Crippen molar-refractivity contribution in [3.8, 4) is 0 Å². The number of hydrogen-bond donors (Lipinski definition) is 3. The fraction of sp³-hybridized carbons (Fsp3) is 1.00. The topological polar surface area (TPSA) is 69.9 Å². The third kappa shape index (κ3) is 2.17. The predicted molar refractivity (Wildman–Crippen MR) is 38.4 cm³/mol. The zero-order chi connectivity index (χ0) is 10.9. The molecule has 14 heavy (non-hydrogen) atoms. The second-order valence-electron chi connectivity index (χ2n) is 3.18. The van der Waals surface area contributed by atoms with Crippen LogP contribution in [-0.2, 0) is 4.74 Å². The quantitative estimate of drug-likeness (QED) is 0.541. The average molecular weight is 216 g/mol. The predicted octanol–water partition coefficient (Wildman–Crippen LogP) is -0.722. The summed E-state index contributed by atoms with van der Waals surface area (Å²) in [6, 6.07) is 0. The smallest absolute Gasteiger partial charge is 0.394 e.